The first-order valence-electron chi connectivity index (χ1n) is 7.61. The first kappa shape index (κ1) is 16.9. The van der Waals surface area contributed by atoms with Gasteiger partial charge in [-0.25, -0.2) is 4.98 Å². The monoisotopic (exact) mass is 363 g/mol. The van der Waals surface area contributed by atoms with Crippen LogP contribution in [0.3, 0.4) is 0 Å². The predicted octanol–water partition coefficient (Wildman–Crippen LogP) is 3.57. The summed E-state index contributed by atoms with van der Waals surface area (Å²) in [5.74, 6) is 1.55. The molecule has 0 bridgehead atoms. The fourth-order valence-electron chi connectivity index (χ4n) is 2.69. The number of thiazole rings is 1. The SMILES string of the molecule is Cc1nc(CSCCC(=O)N2CCc3ccc([N+](=O)[O-])cc32)cs1. The van der Waals surface area contributed by atoms with Crippen LogP contribution in [-0.4, -0.2) is 28.1 Å². The molecule has 0 saturated carbocycles. The molecule has 0 radical (unpaired) electrons. The number of aryl methyl sites for hydroxylation is 1. The Hall–Kier alpha value is -1.93. The number of carbonyl (C=O) groups is 1. The Labute approximate surface area is 148 Å². The van der Waals surface area contributed by atoms with E-state index in [0.717, 1.165) is 34.2 Å². The molecule has 8 heteroatoms. The molecule has 0 spiro atoms. The van der Waals surface area contributed by atoms with Crippen molar-refractivity contribution < 1.29 is 9.72 Å². The third-order valence-corrected chi connectivity index (χ3v) is 5.67. The highest BCUT2D eigenvalue weighted by Crippen LogP contribution is 2.32. The highest BCUT2D eigenvalue weighted by molar-refractivity contribution is 7.98. The molecule has 6 nitrogen and oxygen atoms in total. The van der Waals surface area contributed by atoms with E-state index in [9.17, 15) is 14.9 Å². The quantitative estimate of drug-likeness (QED) is 0.445. The highest BCUT2D eigenvalue weighted by Gasteiger charge is 2.26. The van der Waals surface area contributed by atoms with Crippen LogP contribution in [0.2, 0.25) is 0 Å². The van der Waals surface area contributed by atoms with Gasteiger partial charge in [-0.15, -0.1) is 11.3 Å². The molecule has 1 amide bonds. The molecule has 0 atom stereocenters. The lowest BCUT2D eigenvalue weighted by Crippen LogP contribution is -2.29. The van der Waals surface area contributed by atoms with Crippen LogP contribution in [0.4, 0.5) is 11.4 Å². The molecule has 126 valence electrons. The van der Waals surface area contributed by atoms with Crippen molar-refractivity contribution in [1.82, 2.24) is 4.98 Å². The third-order valence-electron chi connectivity index (χ3n) is 3.85. The van der Waals surface area contributed by atoms with Crippen LogP contribution in [0.5, 0.6) is 0 Å². The molecule has 0 aliphatic carbocycles. The molecule has 2 aromatic rings. The summed E-state index contributed by atoms with van der Waals surface area (Å²) in [4.78, 5) is 29.0. The van der Waals surface area contributed by atoms with Gasteiger partial charge in [-0.2, -0.15) is 11.8 Å². The summed E-state index contributed by atoms with van der Waals surface area (Å²) in [6, 6.07) is 4.75. The number of hydrogen-bond donors (Lipinski definition) is 0. The van der Waals surface area contributed by atoms with Gasteiger partial charge in [0.25, 0.3) is 5.69 Å². The lowest BCUT2D eigenvalue weighted by Gasteiger charge is -2.17. The summed E-state index contributed by atoms with van der Waals surface area (Å²) in [6.07, 6.45) is 1.18. The van der Waals surface area contributed by atoms with E-state index in [1.54, 1.807) is 34.1 Å². The topological polar surface area (TPSA) is 76.3 Å². The van der Waals surface area contributed by atoms with Gasteiger partial charge in [-0.3, -0.25) is 14.9 Å². The van der Waals surface area contributed by atoms with Crippen LogP contribution < -0.4 is 4.90 Å². The zero-order chi connectivity index (χ0) is 17.1. The van der Waals surface area contributed by atoms with Crippen LogP contribution in [-0.2, 0) is 17.0 Å². The standard InChI is InChI=1S/C16H17N3O3S2/c1-11-17-13(10-24-11)9-23-7-5-16(20)18-6-4-12-2-3-14(19(21)22)8-15(12)18/h2-3,8,10H,4-7,9H2,1H3. The minimum absolute atomic E-state index is 0.0243. The molecule has 1 aliphatic rings. The molecule has 0 unspecified atom stereocenters. The number of nitro benzene ring substituents is 1. The number of fused-ring (bicyclic) bond motifs is 1. The van der Waals surface area contributed by atoms with E-state index in [-0.39, 0.29) is 11.6 Å². The zero-order valence-corrected chi connectivity index (χ0v) is 14.9. The lowest BCUT2D eigenvalue weighted by atomic mass is 10.1. The van der Waals surface area contributed by atoms with Gasteiger partial charge in [0, 0.05) is 42.0 Å². The van der Waals surface area contributed by atoms with E-state index in [1.165, 1.54) is 12.1 Å². The number of thioether (sulfide) groups is 1. The molecule has 1 aromatic carbocycles. The van der Waals surface area contributed by atoms with E-state index in [4.69, 9.17) is 0 Å². The number of aromatic nitrogens is 1. The second kappa shape index (κ2) is 7.31. The summed E-state index contributed by atoms with van der Waals surface area (Å²) in [5.41, 5.74) is 2.77. The average molecular weight is 363 g/mol. The number of non-ortho nitro benzene ring substituents is 1. The van der Waals surface area contributed by atoms with E-state index in [2.05, 4.69) is 4.98 Å². The van der Waals surface area contributed by atoms with Crippen molar-refractivity contribution in [2.75, 3.05) is 17.2 Å². The van der Waals surface area contributed by atoms with Gasteiger partial charge in [0.15, 0.2) is 0 Å². The molecule has 24 heavy (non-hydrogen) atoms. The number of amides is 1. The van der Waals surface area contributed by atoms with Crippen molar-refractivity contribution >= 4 is 40.4 Å². The highest BCUT2D eigenvalue weighted by atomic mass is 32.2. The second-order valence-corrected chi connectivity index (χ2v) is 7.69. The Kier molecular flexibility index (Phi) is 5.15. The first-order chi connectivity index (χ1) is 11.5. The Bertz CT molecular complexity index is 776. The maximum Gasteiger partial charge on any atom is 0.271 e. The Morgan fingerprint density at radius 3 is 3.04 bits per heavy atom. The normalized spacial score (nSPS) is 13.1. The van der Waals surface area contributed by atoms with Crippen molar-refractivity contribution in [1.29, 1.82) is 0 Å². The summed E-state index contributed by atoms with van der Waals surface area (Å²) in [5, 5.41) is 14.0. The molecule has 2 heterocycles. The lowest BCUT2D eigenvalue weighted by molar-refractivity contribution is -0.384. The minimum atomic E-state index is -0.424. The number of rotatable bonds is 6. The van der Waals surface area contributed by atoms with Gasteiger partial charge in [0.05, 0.1) is 21.3 Å². The van der Waals surface area contributed by atoms with Crippen LogP contribution in [0.25, 0.3) is 0 Å². The van der Waals surface area contributed by atoms with Crippen LogP contribution in [0.1, 0.15) is 22.7 Å². The number of carbonyl (C=O) groups excluding carboxylic acids is 1. The van der Waals surface area contributed by atoms with E-state index in [1.807, 2.05) is 12.3 Å². The van der Waals surface area contributed by atoms with Crippen LogP contribution >= 0.6 is 23.1 Å². The smallest absolute Gasteiger partial charge is 0.271 e. The predicted molar refractivity (Wildman–Crippen MR) is 96.8 cm³/mol. The second-order valence-electron chi connectivity index (χ2n) is 5.53. The first-order valence-corrected chi connectivity index (χ1v) is 9.64. The molecule has 1 aromatic heterocycles. The largest absolute Gasteiger partial charge is 0.312 e. The molecule has 3 rings (SSSR count). The third kappa shape index (κ3) is 3.76. The van der Waals surface area contributed by atoms with Crippen molar-refractivity contribution in [3.8, 4) is 0 Å². The number of nitro groups is 1. The summed E-state index contributed by atoms with van der Waals surface area (Å²) < 4.78 is 0. The van der Waals surface area contributed by atoms with E-state index >= 15 is 0 Å². The van der Waals surface area contributed by atoms with Gasteiger partial charge in [-0.1, -0.05) is 6.07 Å². The molecule has 0 fully saturated rings. The molecular weight excluding hydrogens is 346 g/mol. The van der Waals surface area contributed by atoms with Crippen LogP contribution in [0.15, 0.2) is 23.6 Å². The zero-order valence-electron chi connectivity index (χ0n) is 13.2. The maximum absolute atomic E-state index is 12.4. The van der Waals surface area contributed by atoms with Gasteiger partial charge in [0.1, 0.15) is 0 Å². The molecule has 1 aliphatic heterocycles. The van der Waals surface area contributed by atoms with Crippen LogP contribution in [0, 0.1) is 17.0 Å². The molecule has 0 saturated heterocycles. The maximum atomic E-state index is 12.4. The van der Waals surface area contributed by atoms with Crippen molar-refractivity contribution in [2.45, 2.75) is 25.5 Å². The fraction of sp³-hybridized carbons (Fsp3) is 0.375. The number of nitrogens with zero attached hydrogens (tertiary/aromatic N) is 3. The Morgan fingerprint density at radius 1 is 1.50 bits per heavy atom. The number of hydrogen-bond acceptors (Lipinski definition) is 6. The van der Waals surface area contributed by atoms with Gasteiger partial charge < -0.3 is 4.90 Å². The fourth-order valence-corrected chi connectivity index (χ4v) is 4.22. The van der Waals surface area contributed by atoms with Gasteiger partial charge >= 0.3 is 0 Å². The van der Waals surface area contributed by atoms with Crippen molar-refractivity contribution in [3.63, 3.8) is 0 Å². The molecular formula is C16H17N3O3S2. The van der Waals surface area contributed by atoms with Gasteiger partial charge in [0.2, 0.25) is 5.91 Å². The number of anilines is 1. The average Bonchev–Trinajstić information content (AvgIpc) is 3.16. The Balaban J connectivity index is 1.55. The molecule has 0 N–H and O–H groups in total. The summed E-state index contributed by atoms with van der Waals surface area (Å²) in [7, 11) is 0. The minimum Gasteiger partial charge on any atom is -0.312 e. The van der Waals surface area contributed by atoms with Crippen molar-refractivity contribution in [2.24, 2.45) is 0 Å². The summed E-state index contributed by atoms with van der Waals surface area (Å²) >= 11 is 3.32. The van der Waals surface area contributed by atoms with Gasteiger partial charge in [-0.05, 0) is 18.9 Å². The van der Waals surface area contributed by atoms with E-state index < -0.39 is 4.92 Å². The summed E-state index contributed by atoms with van der Waals surface area (Å²) in [6.45, 7) is 2.58. The van der Waals surface area contributed by atoms with E-state index in [0.29, 0.717) is 18.7 Å². The Morgan fingerprint density at radius 2 is 2.33 bits per heavy atom. The number of benzene rings is 1. The van der Waals surface area contributed by atoms with Crippen molar-refractivity contribution in [3.05, 3.63) is 50.0 Å².